The van der Waals surface area contributed by atoms with Crippen molar-refractivity contribution >= 4 is 46.5 Å². The summed E-state index contributed by atoms with van der Waals surface area (Å²) in [6, 6.07) is 7.15. The third kappa shape index (κ3) is 5.37. The molecule has 2 aliphatic heterocycles. The zero-order valence-electron chi connectivity index (χ0n) is 15.8. The topological polar surface area (TPSA) is 69.7 Å². The van der Waals surface area contributed by atoms with E-state index in [0.29, 0.717) is 28.0 Å². The Balaban J connectivity index is 1.49. The molecule has 1 aromatic rings. The molecular formula is C20H24ClN3O3S. The highest BCUT2D eigenvalue weighted by atomic mass is 35.5. The highest BCUT2D eigenvalue weighted by Gasteiger charge is 2.34. The van der Waals surface area contributed by atoms with Gasteiger partial charge in [0.25, 0.3) is 11.1 Å². The number of nitrogens with one attached hydrogen (secondary N) is 1. The predicted molar refractivity (Wildman–Crippen MR) is 112 cm³/mol. The number of rotatable bonds is 6. The number of carbonyl (C=O) groups is 3. The van der Waals surface area contributed by atoms with Gasteiger partial charge < -0.3 is 5.32 Å². The quantitative estimate of drug-likeness (QED) is 0.714. The first-order chi connectivity index (χ1) is 13.4. The summed E-state index contributed by atoms with van der Waals surface area (Å²) < 4.78 is 0. The van der Waals surface area contributed by atoms with Gasteiger partial charge in [0.15, 0.2) is 0 Å². The van der Waals surface area contributed by atoms with Gasteiger partial charge in [-0.15, -0.1) is 0 Å². The standard InChI is InChI=1S/C20H24ClN3O3S/c1-14-5-4-9-23(12-14)13-18(25)22-8-10-24-19(26)17(28-20(24)27)11-15-6-2-3-7-16(15)21/h2-3,6-7,11,14H,4-5,8-10,12-13H2,1H3,(H,22,25)/b17-11-/t14-/m0/s1. The number of amides is 3. The van der Waals surface area contributed by atoms with E-state index in [2.05, 4.69) is 17.1 Å². The van der Waals surface area contributed by atoms with Crippen LogP contribution < -0.4 is 5.32 Å². The molecule has 0 aliphatic carbocycles. The Kier molecular flexibility index (Phi) is 7.15. The summed E-state index contributed by atoms with van der Waals surface area (Å²) in [4.78, 5) is 40.5. The molecule has 0 saturated carbocycles. The van der Waals surface area contributed by atoms with E-state index in [1.807, 2.05) is 6.07 Å². The molecule has 0 bridgehead atoms. The third-order valence-corrected chi connectivity index (χ3v) is 6.08. The number of thioether (sulfide) groups is 1. The van der Waals surface area contributed by atoms with Crippen molar-refractivity contribution in [2.24, 2.45) is 5.92 Å². The van der Waals surface area contributed by atoms with Crippen LogP contribution in [0.3, 0.4) is 0 Å². The van der Waals surface area contributed by atoms with E-state index in [1.54, 1.807) is 24.3 Å². The SMILES string of the molecule is C[C@H]1CCCN(CC(=O)NCCN2C(=O)S/C(=C\c3ccccc3Cl)C2=O)C1. The smallest absolute Gasteiger partial charge is 0.293 e. The van der Waals surface area contributed by atoms with Gasteiger partial charge in [-0.25, -0.2) is 0 Å². The first-order valence-electron chi connectivity index (χ1n) is 9.43. The molecule has 3 amide bonds. The van der Waals surface area contributed by atoms with Gasteiger partial charge in [0.05, 0.1) is 11.4 Å². The van der Waals surface area contributed by atoms with Crippen LogP contribution in [-0.4, -0.2) is 59.6 Å². The first-order valence-corrected chi connectivity index (χ1v) is 10.6. The van der Waals surface area contributed by atoms with Gasteiger partial charge in [0.2, 0.25) is 5.91 Å². The number of hydrogen-bond donors (Lipinski definition) is 1. The summed E-state index contributed by atoms with van der Waals surface area (Å²) in [6.07, 6.45) is 3.95. The van der Waals surface area contributed by atoms with E-state index in [1.165, 1.54) is 6.42 Å². The summed E-state index contributed by atoms with van der Waals surface area (Å²) in [5.74, 6) is 0.184. The molecule has 1 atom stereocenters. The molecule has 2 heterocycles. The van der Waals surface area contributed by atoms with Crippen molar-refractivity contribution in [3.05, 3.63) is 39.8 Å². The van der Waals surface area contributed by atoms with Crippen LogP contribution in [0.4, 0.5) is 4.79 Å². The van der Waals surface area contributed by atoms with Crippen molar-refractivity contribution < 1.29 is 14.4 Å². The first kappa shape index (κ1) is 20.9. The average molecular weight is 422 g/mol. The van der Waals surface area contributed by atoms with E-state index < -0.39 is 0 Å². The van der Waals surface area contributed by atoms with Crippen molar-refractivity contribution in [3.63, 3.8) is 0 Å². The number of imide groups is 1. The van der Waals surface area contributed by atoms with Crippen molar-refractivity contribution in [2.45, 2.75) is 19.8 Å². The Morgan fingerprint density at radius 2 is 2.14 bits per heavy atom. The summed E-state index contributed by atoms with van der Waals surface area (Å²) >= 11 is 7.01. The Morgan fingerprint density at radius 3 is 2.89 bits per heavy atom. The number of piperidine rings is 1. The fraction of sp³-hybridized carbons (Fsp3) is 0.450. The average Bonchev–Trinajstić information content (AvgIpc) is 2.91. The highest BCUT2D eigenvalue weighted by molar-refractivity contribution is 8.18. The van der Waals surface area contributed by atoms with E-state index >= 15 is 0 Å². The molecule has 150 valence electrons. The van der Waals surface area contributed by atoms with Gasteiger partial charge in [-0.3, -0.25) is 24.2 Å². The van der Waals surface area contributed by atoms with Crippen LogP contribution in [0.25, 0.3) is 6.08 Å². The van der Waals surface area contributed by atoms with Crippen molar-refractivity contribution in [1.82, 2.24) is 15.1 Å². The minimum Gasteiger partial charge on any atom is -0.353 e. The maximum Gasteiger partial charge on any atom is 0.293 e. The summed E-state index contributed by atoms with van der Waals surface area (Å²) in [7, 11) is 0. The Morgan fingerprint density at radius 1 is 1.36 bits per heavy atom. The number of nitrogens with zero attached hydrogens (tertiary/aromatic N) is 2. The van der Waals surface area contributed by atoms with Crippen LogP contribution >= 0.6 is 23.4 Å². The zero-order valence-corrected chi connectivity index (χ0v) is 17.4. The third-order valence-electron chi connectivity index (χ3n) is 4.83. The monoisotopic (exact) mass is 421 g/mol. The fourth-order valence-corrected chi connectivity index (χ4v) is 4.47. The Bertz CT molecular complexity index is 799. The van der Waals surface area contributed by atoms with E-state index in [9.17, 15) is 14.4 Å². The molecule has 2 aliphatic rings. The minimum atomic E-state index is -0.353. The van der Waals surface area contributed by atoms with E-state index in [0.717, 1.165) is 36.2 Å². The highest BCUT2D eigenvalue weighted by Crippen LogP contribution is 2.33. The molecule has 0 unspecified atom stereocenters. The van der Waals surface area contributed by atoms with Crippen molar-refractivity contribution in [1.29, 1.82) is 0 Å². The van der Waals surface area contributed by atoms with Crippen LogP contribution in [0, 0.1) is 5.92 Å². The van der Waals surface area contributed by atoms with Gasteiger partial charge in [0.1, 0.15) is 0 Å². The zero-order chi connectivity index (χ0) is 20.1. The van der Waals surface area contributed by atoms with Crippen molar-refractivity contribution in [2.75, 3.05) is 32.7 Å². The molecule has 1 N–H and O–H groups in total. The number of carbonyl (C=O) groups excluding carboxylic acids is 3. The van der Waals surface area contributed by atoms with Crippen LogP contribution in [-0.2, 0) is 9.59 Å². The summed E-state index contributed by atoms with van der Waals surface area (Å²) in [5.41, 5.74) is 0.693. The predicted octanol–water partition coefficient (Wildman–Crippen LogP) is 3.22. The molecule has 2 fully saturated rings. The van der Waals surface area contributed by atoms with Crippen LogP contribution in [0.5, 0.6) is 0 Å². The van der Waals surface area contributed by atoms with Crippen LogP contribution in [0.15, 0.2) is 29.2 Å². The number of halogens is 1. The lowest BCUT2D eigenvalue weighted by Crippen LogP contribution is -2.44. The second-order valence-corrected chi connectivity index (χ2v) is 8.59. The minimum absolute atomic E-state index is 0.0762. The second-order valence-electron chi connectivity index (χ2n) is 7.19. The molecule has 0 radical (unpaired) electrons. The molecule has 1 aromatic carbocycles. The lowest BCUT2D eigenvalue weighted by Gasteiger charge is -2.30. The lowest BCUT2D eigenvalue weighted by molar-refractivity contribution is -0.125. The fourth-order valence-electron chi connectivity index (χ4n) is 3.42. The van der Waals surface area contributed by atoms with Crippen LogP contribution in [0.2, 0.25) is 5.02 Å². The van der Waals surface area contributed by atoms with Gasteiger partial charge in [0, 0.05) is 24.7 Å². The van der Waals surface area contributed by atoms with Crippen molar-refractivity contribution in [3.8, 4) is 0 Å². The second kappa shape index (κ2) is 9.58. The number of hydrogen-bond acceptors (Lipinski definition) is 5. The molecule has 3 rings (SSSR count). The van der Waals surface area contributed by atoms with Gasteiger partial charge >= 0.3 is 0 Å². The van der Waals surface area contributed by atoms with Gasteiger partial charge in [-0.1, -0.05) is 36.7 Å². The van der Waals surface area contributed by atoms with Crippen LogP contribution in [0.1, 0.15) is 25.3 Å². The summed E-state index contributed by atoms with van der Waals surface area (Å²) in [5, 5.41) is 3.00. The molecular weight excluding hydrogens is 398 g/mol. The molecule has 8 heteroatoms. The maximum atomic E-state index is 12.5. The van der Waals surface area contributed by atoms with E-state index in [4.69, 9.17) is 11.6 Å². The Hall–Kier alpha value is -1.83. The molecule has 6 nitrogen and oxygen atoms in total. The van der Waals surface area contributed by atoms with E-state index in [-0.39, 0.29) is 30.1 Å². The molecule has 0 spiro atoms. The number of likely N-dealkylation sites (tertiary alicyclic amines) is 1. The van der Waals surface area contributed by atoms with Gasteiger partial charge in [-0.2, -0.15) is 0 Å². The molecule has 2 saturated heterocycles. The lowest BCUT2D eigenvalue weighted by atomic mass is 10.0. The molecule has 0 aromatic heterocycles. The summed E-state index contributed by atoms with van der Waals surface area (Å²) in [6.45, 7) is 4.84. The normalized spacial score (nSPS) is 22.1. The van der Waals surface area contributed by atoms with Gasteiger partial charge in [-0.05, 0) is 54.8 Å². The maximum absolute atomic E-state index is 12.5. The molecule has 28 heavy (non-hydrogen) atoms. The number of benzene rings is 1. The Labute approximate surface area is 174 Å². The largest absolute Gasteiger partial charge is 0.353 e.